The highest BCUT2D eigenvalue weighted by atomic mass is 32.1. The second-order valence-corrected chi connectivity index (χ2v) is 8.28. The first-order chi connectivity index (χ1) is 12.6. The molecule has 0 N–H and O–H groups in total. The average molecular weight is 376 g/mol. The van der Waals surface area contributed by atoms with Crippen molar-refractivity contribution in [3.8, 4) is 0 Å². The van der Waals surface area contributed by atoms with Crippen LogP contribution in [0.3, 0.4) is 0 Å². The third-order valence-electron chi connectivity index (χ3n) is 5.27. The van der Waals surface area contributed by atoms with E-state index in [0.29, 0.717) is 6.42 Å². The maximum Gasteiger partial charge on any atom is 0.263 e. The highest BCUT2D eigenvalue weighted by Gasteiger charge is 2.31. The van der Waals surface area contributed by atoms with Crippen LogP contribution < -0.4 is 0 Å². The van der Waals surface area contributed by atoms with Gasteiger partial charge in [0.05, 0.1) is 10.9 Å². The van der Waals surface area contributed by atoms with Crippen LogP contribution >= 0.6 is 11.3 Å². The smallest absolute Gasteiger partial charge is 0.263 e. The van der Waals surface area contributed by atoms with Crippen LogP contribution in [0.4, 0.5) is 0 Å². The largest absolute Gasteiger partial charge is 0.337 e. The molecule has 3 heterocycles. The van der Waals surface area contributed by atoms with Crippen LogP contribution in [0.1, 0.15) is 53.2 Å². The molecule has 1 atom stereocenters. The number of carbonyl (C=O) groups is 2. The number of likely N-dealkylation sites (tertiary alicyclic amines) is 1. The monoisotopic (exact) mass is 375 g/mol. The highest BCUT2D eigenvalue weighted by Crippen LogP contribution is 2.36. The average Bonchev–Trinajstić information content (AvgIpc) is 3.26. The molecule has 142 valence electrons. The van der Waals surface area contributed by atoms with Crippen LogP contribution in [0, 0.1) is 0 Å². The van der Waals surface area contributed by atoms with Gasteiger partial charge in [0.1, 0.15) is 0 Å². The minimum absolute atomic E-state index is 0.134. The molecular weight excluding hydrogens is 346 g/mol. The lowest BCUT2D eigenvalue weighted by Gasteiger charge is -2.23. The second kappa shape index (κ2) is 8.82. The number of allylic oxidation sites excluding steroid dienone is 1. The van der Waals surface area contributed by atoms with E-state index in [9.17, 15) is 9.59 Å². The zero-order chi connectivity index (χ0) is 18.5. The molecule has 0 saturated carbocycles. The van der Waals surface area contributed by atoms with E-state index in [0.717, 1.165) is 61.7 Å². The molecule has 5 nitrogen and oxygen atoms in total. The molecule has 0 bridgehead atoms. The summed E-state index contributed by atoms with van der Waals surface area (Å²) >= 11 is 1.57. The summed E-state index contributed by atoms with van der Waals surface area (Å²) in [4.78, 5) is 33.5. The van der Waals surface area contributed by atoms with Gasteiger partial charge in [-0.25, -0.2) is 0 Å². The first-order valence-corrected chi connectivity index (χ1v) is 10.4. The Kier molecular flexibility index (Phi) is 6.48. The molecule has 1 aromatic heterocycles. The van der Waals surface area contributed by atoms with Crippen LogP contribution in [-0.2, 0) is 4.79 Å². The fourth-order valence-corrected chi connectivity index (χ4v) is 4.87. The van der Waals surface area contributed by atoms with Gasteiger partial charge in [-0.3, -0.25) is 9.59 Å². The number of amides is 2. The van der Waals surface area contributed by atoms with Crippen molar-refractivity contribution in [3.05, 3.63) is 34.0 Å². The summed E-state index contributed by atoms with van der Waals surface area (Å²) in [7, 11) is 2.11. The lowest BCUT2D eigenvalue weighted by atomic mass is 10.2. The Labute approximate surface area is 160 Å². The van der Waals surface area contributed by atoms with Crippen LogP contribution in [0.15, 0.2) is 24.3 Å². The molecule has 0 spiro atoms. The molecule has 2 amide bonds. The summed E-state index contributed by atoms with van der Waals surface area (Å²) in [5.41, 5.74) is 0. The van der Waals surface area contributed by atoms with E-state index < -0.39 is 0 Å². The maximum atomic E-state index is 12.9. The third-order valence-corrected chi connectivity index (χ3v) is 6.45. The van der Waals surface area contributed by atoms with Crippen molar-refractivity contribution in [1.82, 2.24) is 14.7 Å². The Morgan fingerprint density at radius 3 is 2.81 bits per heavy atom. The number of hydrogen-bond donors (Lipinski definition) is 0. The van der Waals surface area contributed by atoms with Crippen molar-refractivity contribution in [2.75, 3.05) is 39.8 Å². The van der Waals surface area contributed by atoms with Gasteiger partial charge >= 0.3 is 0 Å². The van der Waals surface area contributed by atoms with Crippen molar-refractivity contribution < 1.29 is 9.59 Å². The number of nitrogens with zero attached hydrogens (tertiary/aromatic N) is 3. The Morgan fingerprint density at radius 1 is 1.15 bits per heavy atom. The fourth-order valence-electron chi connectivity index (χ4n) is 3.75. The van der Waals surface area contributed by atoms with Gasteiger partial charge in [-0.1, -0.05) is 12.2 Å². The summed E-state index contributed by atoms with van der Waals surface area (Å²) in [5, 5.41) is 0. The number of rotatable bonds is 4. The quantitative estimate of drug-likeness (QED) is 0.760. The van der Waals surface area contributed by atoms with Gasteiger partial charge in [-0.15, -0.1) is 11.3 Å². The third kappa shape index (κ3) is 4.35. The van der Waals surface area contributed by atoms with E-state index in [4.69, 9.17) is 0 Å². The molecule has 2 aliphatic rings. The SMILES string of the molecule is CC=CCC(=O)N1CCCC1c1ccc(C(=O)N2CCCN(C)CC2)s1. The van der Waals surface area contributed by atoms with Crippen molar-refractivity contribution in [1.29, 1.82) is 0 Å². The summed E-state index contributed by atoms with van der Waals surface area (Å²) in [6, 6.07) is 4.13. The molecule has 0 aliphatic carbocycles. The topological polar surface area (TPSA) is 43.9 Å². The molecule has 0 radical (unpaired) electrons. The van der Waals surface area contributed by atoms with Crippen molar-refractivity contribution in [3.63, 3.8) is 0 Å². The molecule has 2 aliphatic heterocycles. The van der Waals surface area contributed by atoms with Crippen molar-refractivity contribution in [2.24, 2.45) is 0 Å². The summed E-state index contributed by atoms with van der Waals surface area (Å²) < 4.78 is 0. The molecule has 26 heavy (non-hydrogen) atoms. The van der Waals surface area contributed by atoms with Gasteiger partial charge in [-0.2, -0.15) is 0 Å². The molecular formula is C20H29N3O2S. The maximum absolute atomic E-state index is 12.9. The van der Waals surface area contributed by atoms with Crippen LogP contribution in [0.25, 0.3) is 0 Å². The molecule has 6 heteroatoms. The molecule has 1 aromatic rings. The zero-order valence-corrected chi connectivity index (χ0v) is 16.6. The molecule has 3 rings (SSSR count). The van der Waals surface area contributed by atoms with Gasteiger partial charge in [0.25, 0.3) is 5.91 Å². The van der Waals surface area contributed by atoms with E-state index in [-0.39, 0.29) is 17.9 Å². The van der Waals surface area contributed by atoms with Crippen molar-refractivity contribution >= 4 is 23.2 Å². The number of carbonyl (C=O) groups excluding carboxylic acids is 2. The summed E-state index contributed by atoms with van der Waals surface area (Å²) in [6.45, 7) is 6.35. The van der Waals surface area contributed by atoms with Gasteiger partial charge in [0, 0.05) is 37.5 Å². The predicted octanol–water partition coefficient (Wildman–Crippen LogP) is 3.16. The van der Waals surface area contributed by atoms with E-state index in [1.807, 2.05) is 41.0 Å². The predicted molar refractivity (Wildman–Crippen MR) is 105 cm³/mol. The number of thiophene rings is 1. The zero-order valence-electron chi connectivity index (χ0n) is 15.8. The van der Waals surface area contributed by atoms with Gasteiger partial charge in [0.15, 0.2) is 0 Å². The summed E-state index contributed by atoms with van der Waals surface area (Å²) in [5.74, 6) is 0.323. The standard InChI is InChI=1S/C20H29N3O2S/c1-3-4-8-19(24)23-13-5-7-16(23)17-9-10-18(26-17)20(25)22-12-6-11-21(2)14-15-22/h3-4,9-10,16H,5-8,11-15H2,1-2H3. The second-order valence-electron chi connectivity index (χ2n) is 7.17. The molecule has 2 fully saturated rings. The van der Waals surface area contributed by atoms with Gasteiger partial charge in [-0.05, 0) is 51.9 Å². The first kappa shape index (κ1) is 19.1. The Balaban J connectivity index is 1.68. The van der Waals surface area contributed by atoms with Gasteiger partial charge in [0.2, 0.25) is 5.91 Å². The molecule has 1 unspecified atom stereocenters. The van der Waals surface area contributed by atoms with Crippen LogP contribution in [0.2, 0.25) is 0 Å². The van der Waals surface area contributed by atoms with Crippen molar-refractivity contribution in [2.45, 2.75) is 38.6 Å². The Bertz CT molecular complexity index is 670. The van der Waals surface area contributed by atoms with Gasteiger partial charge < -0.3 is 14.7 Å². The van der Waals surface area contributed by atoms with E-state index in [2.05, 4.69) is 11.9 Å². The number of hydrogen-bond acceptors (Lipinski definition) is 4. The lowest BCUT2D eigenvalue weighted by Crippen LogP contribution is -2.34. The van der Waals surface area contributed by atoms with E-state index in [1.54, 1.807) is 11.3 Å². The molecule has 2 saturated heterocycles. The minimum Gasteiger partial charge on any atom is -0.337 e. The first-order valence-electron chi connectivity index (χ1n) is 9.58. The minimum atomic E-state index is 0.134. The Morgan fingerprint density at radius 2 is 2.00 bits per heavy atom. The fraction of sp³-hybridized carbons (Fsp3) is 0.600. The van der Waals surface area contributed by atoms with Crippen LogP contribution in [0.5, 0.6) is 0 Å². The highest BCUT2D eigenvalue weighted by molar-refractivity contribution is 7.14. The Hall–Kier alpha value is -1.66. The van der Waals surface area contributed by atoms with E-state index >= 15 is 0 Å². The normalized spacial score (nSPS) is 22.2. The molecule has 0 aromatic carbocycles. The van der Waals surface area contributed by atoms with E-state index in [1.165, 1.54) is 0 Å². The number of likely N-dealkylation sites (N-methyl/N-ethyl adjacent to an activating group) is 1. The summed E-state index contributed by atoms with van der Waals surface area (Å²) in [6.07, 6.45) is 7.35. The lowest BCUT2D eigenvalue weighted by molar-refractivity contribution is -0.131. The van der Waals surface area contributed by atoms with Crippen LogP contribution in [-0.4, -0.2) is 66.3 Å².